The lowest BCUT2D eigenvalue weighted by Gasteiger charge is -2.30. The number of rotatable bonds is 7. The first-order valence-corrected chi connectivity index (χ1v) is 13.1. The number of carbonyl (C=O) groups excluding carboxylic acids is 1. The minimum absolute atomic E-state index is 0.253. The molecule has 41 heavy (non-hydrogen) atoms. The maximum atomic E-state index is 14.0. The van der Waals surface area contributed by atoms with Gasteiger partial charge in [-0.15, -0.1) is 0 Å². The van der Waals surface area contributed by atoms with Crippen molar-refractivity contribution in [1.29, 1.82) is 0 Å². The Balaban J connectivity index is 1.25. The van der Waals surface area contributed by atoms with Gasteiger partial charge in [-0.1, -0.05) is 26.0 Å². The lowest BCUT2D eigenvalue weighted by atomic mass is 9.88. The Morgan fingerprint density at radius 1 is 1.07 bits per heavy atom. The van der Waals surface area contributed by atoms with E-state index in [4.69, 9.17) is 9.72 Å². The molecule has 9 nitrogen and oxygen atoms in total. The number of nitrogens with zero attached hydrogens (tertiary/aromatic N) is 4. The standard InChI is InChI=1S/C28H29F4N7O2/c1-27(2,9-10-39-11-13-41-14-12-39)25-33-16-20-23(37-38-24(20)36-25)17-3-6-19(7-4-17)34-26(40)35-22-15-18(28(30,31)32)5-8-21(22)29/h3-8,15-16H,9-14H2,1-2H3,(H2,34,35,40)(H,33,36,37,38). The van der Waals surface area contributed by atoms with Crippen molar-refractivity contribution in [2.75, 3.05) is 43.5 Å². The lowest BCUT2D eigenvalue weighted by molar-refractivity contribution is -0.137. The molecule has 0 aliphatic carbocycles. The Labute approximate surface area is 233 Å². The summed E-state index contributed by atoms with van der Waals surface area (Å²) in [7, 11) is 0. The molecule has 0 saturated carbocycles. The number of hydrogen-bond acceptors (Lipinski definition) is 6. The number of hydrogen-bond donors (Lipinski definition) is 3. The molecule has 2 aromatic heterocycles. The number of nitrogens with one attached hydrogen (secondary N) is 3. The van der Waals surface area contributed by atoms with Gasteiger partial charge in [-0.2, -0.15) is 18.3 Å². The third-order valence-corrected chi connectivity index (χ3v) is 7.05. The van der Waals surface area contributed by atoms with E-state index in [1.807, 2.05) is 0 Å². The Bertz CT molecular complexity index is 1530. The van der Waals surface area contributed by atoms with Gasteiger partial charge in [0.2, 0.25) is 0 Å². The van der Waals surface area contributed by atoms with Gasteiger partial charge in [-0.05, 0) is 43.3 Å². The van der Waals surface area contributed by atoms with Crippen LogP contribution >= 0.6 is 0 Å². The summed E-state index contributed by atoms with van der Waals surface area (Å²) in [6, 6.07) is 7.58. The number of ether oxygens (including phenoxy) is 1. The highest BCUT2D eigenvalue weighted by molar-refractivity contribution is 6.00. The van der Waals surface area contributed by atoms with Crippen molar-refractivity contribution < 1.29 is 27.1 Å². The van der Waals surface area contributed by atoms with E-state index in [2.05, 4.69) is 44.6 Å². The summed E-state index contributed by atoms with van der Waals surface area (Å²) in [5.74, 6) is -0.278. The van der Waals surface area contributed by atoms with Crippen LogP contribution < -0.4 is 10.6 Å². The van der Waals surface area contributed by atoms with Crippen molar-refractivity contribution in [2.24, 2.45) is 0 Å². The van der Waals surface area contributed by atoms with Crippen LogP contribution in [0.15, 0.2) is 48.7 Å². The number of morpholine rings is 1. The molecule has 2 amide bonds. The van der Waals surface area contributed by atoms with E-state index in [0.717, 1.165) is 50.2 Å². The third-order valence-electron chi connectivity index (χ3n) is 7.05. The zero-order valence-corrected chi connectivity index (χ0v) is 22.5. The van der Waals surface area contributed by atoms with E-state index in [9.17, 15) is 22.4 Å². The van der Waals surface area contributed by atoms with Gasteiger partial charge in [0.05, 0.1) is 35.5 Å². The number of fused-ring (bicyclic) bond motifs is 1. The van der Waals surface area contributed by atoms with Crippen LogP contribution in [0.3, 0.4) is 0 Å². The SMILES string of the molecule is CC(C)(CCN1CCOCC1)c1ncc2c(-c3ccc(NC(=O)Nc4cc(C(F)(F)F)ccc4F)cc3)[nH]nc2n1. The predicted octanol–water partition coefficient (Wildman–Crippen LogP) is 5.82. The Kier molecular flexibility index (Phi) is 7.91. The van der Waals surface area contributed by atoms with Crippen LogP contribution in [0.4, 0.5) is 33.7 Å². The number of H-pyrrole nitrogens is 1. The summed E-state index contributed by atoms with van der Waals surface area (Å²) in [5.41, 5.74) is 0.429. The fourth-order valence-electron chi connectivity index (χ4n) is 4.53. The van der Waals surface area contributed by atoms with Gasteiger partial charge in [0.25, 0.3) is 0 Å². The van der Waals surface area contributed by atoms with Crippen molar-refractivity contribution in [3.63, 3.8) is 0 Å². The molecular weight excluding hydrogens is 542 g/mol. The first-order valence-electron chi connectivity index (χ1n) is 13.1. The quantitative estimate of drug-likeness (QED) is 0.241. The summed E-state index contributed by atoms with van der Waals surface area (Å²) < 4.78 is 58.2. The average Bonchev–Trinajstić information content (AvgIpc) is 3.37. The van der Waals surface area contributed by atoms with Gasteiger partial charge < -0.3 is 15.4 Å². The summed E-state index contributed by atoms with van der Waals surface area (Å²) in [6.45, 7) is 8.51. The fourth-order valence-corrected chi connectivity index (χ4v) is 4.53. The van der Waals surface area contributed by atoms with Gasteiger partial charge in [0.1, 0.15) is 11.6 Å². The second-order valence-corrected chi connectivity index (χ2v) is 10.5. The molecular formula is C28H29F4N7O2. The lowest BCUT2D eigenvalue weighted by Crippen LogP contribution is -2.39. The average molecular weight is 572 g/mol. The predicted molar refractivity (Wildman–Crippen MR) is 146 cm³/mol. The second kappa shape index (κ2) is 11.4. The molecule has 2 aromatic carbocycles. The molecule has 4 aromatic rings. The van der Waals surface area contributed by atoms with Crippen molar-refractivity contribution in [2.45, 2.75) is 31.9 Å². The Hall–Kier alpha value is -4.10. The summed E-state index contributed by atoms with van der Waals surface area (Å²) in [4.78, 5) is 24.1. The number of amides is 2. The van der Waals surface area contributed by atoms with E-state index in [1.54, 1.807) is 30.5 Å². The molecule has 0 spiro atoms. The fraction of sp³-hybridized carbons (Fsp3) is 0.357. The van der Waals surface area contributed by atoms with Crippen molar-refractivity contribution in [3.8, 4) is 11.3 Å². The van der Waals surface area contributed by atoms with Crippen LogP contribution in [0.25, 0.3) is 22.3 Å². The zero-order chi connectivity index (χ0) is 29.2. The van der Waals surface area contributed by atoms with Gasteiger partial charge in [0.15, 0.2) is 5.65 Å². The van der Waals surface area contributed by atoms with Crippen LogP contribution in [0.1, 0.15) is 31.7 Å². The Morgan fingerprint density at radius 3 is 2.51 bits per heavy atom. The number of urea groups is 1. The zero-order valence-electron chi connectivity index (χ0n) is 22.5. The monoisotopic (exact) mass is 571 g/mol. The van der Waals surface area contributed by atoms with Crippen molar-refractivity contribution in [3.05, 3.63) is 65.9 Å². The highest BCUT2D eigenvalue weighted by Gasteiger charge is 2.31. The number of anilines is 2. The molecule has 1 saturated heterocycles. The molecule has 0 bridgehead atoms. The largest absolute Gasteiger partial charge is 0.416 e. The van der Waals surface area contributed by atoms with Crippen LogP contribution in [-0.4, -0.2) is 63.9 Å². The number of carbonyl (C=O) groups is 1. The molecule has 1 aliphatic heterocycles. The smallest absolute Gasteiger partial charge is 0.379 e. The van der Waals surface area contributed by atoms with E-state index in [1.165, 1.54) is 0 Å². The van der Waals surface area contributed by atoms with E-state index >= 15 is 0 Å². The number of benzene rings is 2. The molecule has 3 heterocycles. The summed E-state index contributed by atoms with van der Waals surface area (Å²) >= 11 is 0. The van der Waals surface area contributed by atoms with E-state index < -0.39 is 29.3 Å². The maximum absolute atomic E-state index is 14.0. The number of aromatic amines is 1. The highest BCUT2D eigenvalue weighted by Crippen LogP contribution is 2.32. The topological polar surface area (TPSA) is 108 Å². The minimum Gasteiger partial charge on any atom is -0.379 e. The molecule has 0 unspecified atom stereocenters. The van der Waals surface area contributed by atoms with Crippen LogP contribution in [0.2, 0.25) is 0 Å². The number of alkyl halides is 3. The molecule has 1 aliphatic rings. The maximum Gasteiger partial charge on any atom is 0.416 e. The van der Waals surface area contributed by atoms with Gasteiger partial charge >= 0.3 is 12.2 Å². The summed E-state index contributed by atoms with van der Waals surface area (Å²) in [5, 5.41) is 12.7. The summed E-state index contributed by atoms with van der Waals surface area (Å²) in [6.07, 6.45) is -2.03. The molecule has 1 fully saturated rings. The minimum atomic E-state index is -4.67. The Morgan fingerprint density at radius 2 is 1.80 bits per heavy atom. The van der Waals surface area contributed by atoms with E-state index in [-0.39, 0.29) is 5.41 Å². The molecule has 216 valence electrons. The molecule has 3 N–H and O–H groups in total. The van der Waals surface area contributed by atoms with Crippen molar-refractivity contribution >= 4 is 28.4 Å². The molecule has 0 radical (unpaired) electrons. The number of halogens is 4. The first-order chi connectivity index (χ1) is 19.5. The number of aromatic nitrogens is 4. The van der Waals surface area contributed by atoms with Crippen LogP contribution in [0.5, 0.6) is 0 Å². The van der Waals surface area contributed by atoms with Crippen LogP contribution in [-0.2, 0) is 16.3 Å². The third kappa shape index (κ3) is 6.63. The highest BCUT2D eigenvalue weighted by atomic mass is 19.4. The first kappa shape index (κ1) is 28.4. The van der Waals surface area contributed by atoms with Crippen LogP contribution in [0, 0.1) is 5.82 Å². The normalized spacial score (nSPS) is 14.8. The van der Waals surface area contributed by atoms with Crippen molar-refractivity contribution in [1.82, 2.24) is 25.1 Å². The molecule has 5 rings (SSSR count). The van der Waals surface area contributed by atoms with E-state index in [0.29, 0.717) is 41.1 Å². The van der Waals surface area contributed by atoms with Gasteiger partial charge in [0, 0.05) is 36.0 Å². The molecule has 13 heteroatoms. The molecule has 0 atom stereocenters. The second-order valence-electron chi connectivity index (χ2n) is 10.5. The van der Waals surface area contributed by atoms with Gasteiger partial charge in [-0.3, -0.25) is 10.00 Å². The van der Waals surface area contributed by atoms with Gasteiger partial charge in [-0.25, -0.2) is 19.2 Å².